The van der Waals surface area contributed by atoms with Crippen molar-refractivity contribution in [3.63, 3.8) is 0 Å². The van der Waals surface area contributed by atoms with Gasteiger partial charge in [-0.25, -0.2) is 0 Å². The lowest BCUT2D eigenvalue weighted by Gasteiger charge is -2.13. The van der Waals surface area contributed by atoms with Crippen LogP contribution in [0, 0.1) is 22.7 Å². The number of nitriles is 2. The van der Waals surface area contributed by atoms with Gasteiger partial charge in [0.25, 0.3) is 0 Å². The van der Waals surface area contributed by atoms with E-state index in [-0.39, 0.29) is 5.57 Å². The fraction of sp³-hybridized carbons (Fsp3) is 0. The third-order valence-corrected chi connectivity index (χ3v) is 4.81. The number of hydrogen-bond acceptors (Lipinski definition) is 2. The van der Waals surface area contributed by atoms with Crippen LogP contribution in [0.25, 0.3) is 27.5 Å². The Labute approximate surface area is 164 Å². The molecule has 4 aromatic rings. The first kappa shape index (κ1) is 17.3. The zero-order valence-corrected chi connectivity index (χ0v) is 15.1. The molecule has 2 nitrogen and oxygen atoms in total. The molecule has 0 unspecified atom stereocenters. The van der Waals surface area contributed by atoms with Gasteiger partial charge in [-0.05, 0) is 33.0 Å². The van der Waals surface area contributed by atoms with E-state index in [9.17, 15) is 10.5 Å². The van der Waals surface area contributed by atoms with E-state index in [0.29, 0.717) is 5.57 Å². The Morgan fingerprint density at radius 2 is 1.18 bits per heavy atom. The van der Waals surface area contributed by atoms with Crippen molar-refractivity contribution < 1.29 is 0 Å². The van der Waals surface area contributed by atoms with E-state index in [1.807, 2.05) is 84.9 Å². The van der Waals surface area contributed by atoms with E-state index < -0.39 is 0 Å². The normalized spacial score (nSPS) is 10.1. The largest absolute Gasteiger partial charge is 0.192 e. The van der Waals surface area contributed by atoms with Gasteiger partial charge in [-0.3, -0.25) is 0 Å². The highest BCUT2D eigenvalue weighted by atomic mass is 14.3. The van der Waals surface area contributed by atoms with Gasteiger partial charge in [0.2, 0.25) is 0 Å². The Kier molecular flexibility index (Phi) is 4.70. The summed E-state index contributed by atoms with van der Waals surface area (Å²) < 4.78 is 0. The maximum atomic E-state index is 9.59. The molecule has 0 aliphatic heterocycles. The predicted molar refractivity (Wildman–Crippen MR) is 113 cm³/mol. The molecule has 0 spiro atoms. The van der Waals surface area contributed by atoms with Gasteiger partial charge in [0.15, 0.2) is 0 Å². The van der Waals surface area contributed by atoms with Gasteiger partial charge >= 0.3 is 0 Å². The Morgan fingerprint density at radius 3 is 1.89 bits per heavy atom. The smallest absolute Gasteiger partial charge is 0.138 e. The van der Waals surface area contributed by atoms with Crippen molar-refractivity contribution in [2.24, 2.45) is 0 Å². The van der Waals surface area contributed by atoms with Crippen LogP contribution >= 0.6 is 0 Å². The molecule has 0 bridgehead atoms. The third-order valence-electron chi connectivity index (χ3n) is 4.81. The summed E-state index contributed by atoms with van der Waals surface area (Å²) >= 11 is 0. The second-order valence-corrected chi connectivity index (χ2v) is 6.44. The van der Waals surface area contributed by atoms with Gasteiger partial charge in [0.05, 0.1) is 0 Å². The minimum atomic E-state index is 0.115. The van der Waals surface area contributed by atoms with E-state index in [1.54, 1.807) is 0 Å². The molecule has 0 N–H and O–H groups in total. The van der Waals surface area contributed by atoms with Gasteiger partial charge < -0.3 is 0 Å². The standard InChI is InChI=1S/C26H16N2/c27-17-23(18-28)26(25-12-6-10-21-9-4-5-11-24(21)25)22-15-13-20(14-16-22)19-7-2-1-3-8-19/h1-16H. The predicted octanol–water partition coefficient (Wildman–Crippen LogP) is 6.36. The van der Waals surface area contributed by atoms with Crippen LogP contribution in [0.4, 0.5) is 0 Å². The van der Waals surface area contributed by atoms with Crippen molar-refractivity contribution in [1.29, 1.82) is 10.5 Å². The van der Waals surface area contributed by atoms with Gasteiger partial charge in [0, 0.05) is 5.57 Å². The van der Waals surface area contributed by atoms with Crippen LogP contribution in [0.15, 0.2) is 103 Å². The molecule has 0 heterocycles. The molecule has 130 valence electrons. The number of rotatable bonds is 3. The molecular weight excluding hydrogens is 340 g/mol. The average molecular weight is 356 g/mol. The van der Waals surface area contributed by atoms with E-state index in [1.165, 1.54) is 0 Å². The Morgan fingerprint density at radius 1 is 0.571 bits per heavy atom. The minimum Gasteiger partial charge on any atom is -0.192 e. The monoisotopic (exact) mass is 356 g/mol. The molecule has 2 heteroatoms. The first-order valence-electron chi connectivity index (χ1n) is 9.00. The van der Waals surface area contributed by atoms with E-state index >= 15 is 0 Å². The molecule has 0 saturated heterocycles. The lowest BCUT2D eigenvalue weighted by molar-refractivity contribution is 1.45. The lowest BCUT2D eigenvalue weighted by Crippen LogP contribution is -1.94. The molecule has 0 saturated carbocycles. The average Bonchev–Trinajstić information content (AvgIpc) is 2.78. The van der Waals surface area contributed by atoms with Crippen LogP contribution in [0.5, 0.6) is 0 Å². The summed E-state index contributed by atoms with van der Waals surface area (Å²) in [6.45, 7) is 0. The Bertz CT molecular complexity index is 1230. The maximum Gasteiger partial charge on any atom is 0.138 e. The van der Waals surface area contributed by atoms with Gasteiger partial charge in [-0.15, -0.1) is 0 Å². The molecule has 0 aliphatic carbocycles. The molecule has 0 aromatic heterocycles. The summed E-state index contributed by atoms with van der Waals surface area (Å²) in [5.74, 6) is 0. The lowest BCUT2D eigenvalue weighted by atomic mass is 9.89. The number of nitrogens with zero attached hydrogens (tertiary/aromatic N) is 2. The molecule has 4 aromatic carbocycles. The Balaban J connectivity index is 1.91. The van der Waals surface area contributed by atoms with Crippen molar-refractivity contribution in [1.82, 2.24) is 0 Å². The Hall–Kier alpha value is -4.14. The summed E-state index contributed by atoms with van der Waals surface area (Å²) in [4.78, 5) is 0. The zero-order chi connectivity index (χ0) is 19.3. The quantitative estimate of drug-likeness (QED) is 0.401. The molecule has 0 amide bonds. The molecular formula is C26H16N2. The van der Waals surface area contributed by atoms with Crippen LogP contribution in [0.3, 0.4) is 0 Å². The summed E-state index contributed by atoms with van der Waals surface area (Å²) in [7, 11) is 0. The summed E-state index contributed by atoms with van der Waals surface area (Å²) in [6.07, 6.45) is 0. The highest BCUT2D eigenvalue weighted by Gasteiger charge is 2.15. The molecule has 28 heavy (non-hydrogen) atoms. The highest BCUT2D eigenvalue weighted by molar-refractivity contribution is 6.00. The van der Waals surface area contributed by atoms with Crippen molar-refractivity contribution in [2.45, 2.75) is 0 Å². The molecule has 0 atom stereocenters. The maximum absolute atomic E-state index is 9.59. The van der Waals surface area contributed by atoms with Crippen LogP contribution in [-0.2, 0) is 0 Å². The van der Waals surface area contributed by atoms with Gasteiger partial charge in [0.1, 0.15) is 17.7 Å². The van der Waals surface area contributed by atoms with Crippen LogP contribution in [-0.4, -0.2) is 0 Å². The molecule has 0 aliphatic rings. The first-order chi connectivity index (χ1) is 13.8. The second-order valence-electron chi connectivity index (χ2n) is 6.44. The van der Waals surface area contributed by atoms with Crippen molar-refractivity contribution in [2.75, 3.05) is 0 Å². The SMILES string of the molecule is N#CC(C#N)=C(c1ccc(-c2ccccc2)cc1)c1cccc2ccccc12. The van der Waals surface area contributed by atoms with Crippen LogP contribution in [0.1, 0.15) is 11.1 Å². The van der Waals surface area contributed by atoms with Crippen LogP contribution < -0.4 is 0 Å². The molecule has 0 radical (unpaired) electrons. The number of benzene rings is 4. The van der Waals surface area contributed by atoms with Crippen LogP contribution in [0.2, 0.25) is 0 Å². The van der Waals surface area contributed by atoms with E-state index in [0.717, 1.165) is 33.0 Å². The summed E-state index contributed by atoms with van der Waals surface area (Å²) in [5, 5.41) is 21.3. The van der Waals surface area contributed by atoms with Gasteiger partial charge in [-0.1, -0.05) is 97.1 Å². The van der Waals surface area contributed by atoms with Crippen molar-refractivity contribution in [3.05, 3.63) is 114 Å². The van der Waals surface area contributed by atoms with E-state index in [2.05, 4.69) is 24.3 Å². The number of fused-ring (bicyclic) bond motifs is 1. The van der Waals surface area contributed by atoms with Gasteiger partial charge in [-0.2, -0.15) is 10.5 Å². The zero-order valence-electron chi connectivity index (χ0n) is 15.1. The molecule has 0 fully saturated rings. The van der Waals surface area contributed by atoms with E-state index in [4.69, 9.17) is 0 Å². The van der Waals surface area contributed by atoms with Crippen molar-refractivity contribution >= 4 is 16.3 Å². The second kappa shape index (κ2) is 7.62. The summed E-state index contributed by atoms with van der Waals surface area (Å²) in [6, 6.07) is 36.3. The van der Waals surface area contributed by atoms with Crippen molar-refractivity contribution in [3.8, 4) is 23.3 Å². The minimum absolute atomic E-state index is 0.115. The number of hydrogen-bond donors (Lipinski definition) is 0. The molecule has 4 rings (SSSR count). The summed E-state index contributed by atoms with van der Waals surface area (Å²) in [5.41, 5.74) is 4.76. The first-order valence-corrected chi connectivity index (χ1v) is 9.00. The highest BCUT2D eigenvalue weighted by Crippen LogP contribution is 2.33. The fourth-order valence-corrected chi connectivity index (χ4v) is 3.47. The third kappa shape index (κ3) is 3.16. The fourth-order valence-electron chi connectivity index (χ4n) is 3.47. The topological polar surface area (TPSA) is 47.6 Å². The number of allylic oxidation sites excluding steroid dienone is 1.